The number of rotatable bonds is 15. The molecule has 3 aromatic rings. The number of aryl methyl sites for hydroxylation is 1. The summed E-state index contributed by atoms with van der Waals surface area (Å²) >= 11 is 0. The zero-order valence-corrected chi connectivity index (χ0v) is 22.0. The van der Waals surface area contributed by atoms with Crippen molar-refractivity contribution in [1.82, 2.24) is 0 Å². The number of carbonyl (C=O) groups excluding carboxylic acids is 2. The van der Waals surface area contributed by atoms with Crippen molar-refractivity contribution in [3.63, 3.8) is 0 Å². The van der Waals surface area contributed by atoms with Gasteiger partial charge in [0.2, 0.25) is 0 Å². The molecule has 0 heterocycles. The van der Waals surface area contributed by atoms with Gasteiger partial charge in [-0.05, 0) is 85.5 Å². The number of hydrogen-bond acceptors (Lipinski definition) is 5. The summed E-state index contributed by atoms with van der Waals surface area (Å²) in [5, 5.41) is 0. The lowest BCUT2D eigenvalue weighted by Crippen LogP contribution is -2.09. The van der Waals surface area contributed by atoms with E-state index in [4.69, 9.17) is 14.2 Å². The molecule has 0 aromatic heterocycles. The van der Waals surface area contributed by atoms with Gasteiger partial charge in [-0.25, -0.2) is 9.59 Å². The predicted molar refractivity (Wildman–Crippen MR) is 147 cm³/mol. The molecule has 5 nitrogen and oxygen atoms in total. The molecule has 0 amide bonds. The molecule has 0 bridgehead atoms. The van der Waals surface area contributed by atoms with E-state index in [9.17, 15) is 9.59 Å². The van der Waals surface area contributed by atoms with Crippen LogP contribution in [0, 0.1) is 0 Å². The Morgan fingerprint density at radius 1 is 0.541 bits per heavy atom. The van der Waals surface area contributed by atoms with Gasteiger partial charge in [-0.3, -0.25) is 0 Å². The molecule has 0 spiro atoms. The quantitative estimate of drug-likeness (QED) is 0.119. The van der Waals surface area contributed by atoms with E-state index in [-0.39, 0.29) is 0 Å². The van der Waals surface area contributed by atoms with E-state index in [2.05, 4.69) is 13.8 Å². The minimum absolute atomic E-state index is 0.369. The van der Waals surface area contributed by atoms with Crippen molar-refractivity contribution in [3.05, 3.63) is 89.5 Å². The van der Waals surface area contributed by atoms with Crippen LogP contribution in [0.15, 0.2) is 72.8 Å². The number of unbranched alkanes of at least 4 members (excludes halogenated alkanes) is 6. The molecule has 0 N–H and O–H groups in total. The summed E-state index contributed by atoms with van der Waals surface area (Å²) < 4.78 is 16.7. The molecule has 196 valence electrons. The lowest BCUT2D eigenvalue weighted by atomic mass is 10.1. The Kier molecular flexibility index (Phi) is 11.7. The van der Waals surface area contributed by atoms with Crippen molar-refractivity contribution in [3.8, 4) is 17.2 Å². The Labute approximate surface area is 220 Å². The Bertz CT molecular complexity index is 1090. The monoisotopic (exact) mass is 502 g/mol. The maximum atomic E-state index is 12.5. The minimum Gasteiger partial charge on any atom is -0.494 e. The van der Waals surface area contributed by atoms with Gasteiger partial charge in [-0.15, -0.1) is 0 Å². The van der Waals surface area contributed by atoms with Crippen LogP contribution in [0.4, 0.5) is 0 Å². The van der Waals surface area contributed by atoms with Crippen LogP contribution in [-0.4, -0.2) is 18.5 Å². The van der Waals surface area contributed by atoms with Crippen LogP contribution in [0.1, 0.15) is 91.5 Å². The first kappa shape index (κ1) is 28.0. The highest BCUT2D eigenvalue weighted by Crippen LogP contribution is 2.21. The van der Waals surface area contributed by atoms with Crippen LogP contribution in [0.25, 0.3) is 0 Å². The number of esters is 2. The SMILES string of the molecule is CCCCCCCCOc1ccc(C(=O)Oc2ccc(OC(=O)c3ccc(CCCC)cc3)cc2)cc1. The summed E-state index contributed by atoms with van der Waals surface area (Å²) in [5.41, 5.74) is 2.14. The molecule has 0 aliphatic heterocycles. The van der Waals surface area contributed by atoms with Gasteiger partial charge in [0.1, 0.15) is 17.2 Å². The van der Waals surface area contributed by atoms with Gasteiger partial charge in [0.25, 0.3) is 0 Å². The highest BCUT2D eigenvalue weighted by atomic mass is 16.5. The minimum atomic E-state index is -0.463. The second-order valence-corrected chi connectivity index (χ2v) is 9.19. The van der Waals surface area contributed by atoms with Gasteiger partial charge in [0.15, 0.2) is 0 Å². The molecule has 37 heavy (non-hydrogen) atoms. The van der Waals surface area contributed by atoms with Crippen LogP contribution in [0.5, 0.6) is 17.2 Å². The lowest BCUT2D eigenvalue weighted by molar-refractivity contribution is 0.0719. The van der Waals surface area contributed by atoms with Crippen LogP contribution in [0.2, 0.25) is 0 Å². The molecule has 0 aliphatic rings. The number of hydrogen-bond donors (Lipinski definition) is 0. The molecule has 0 radical (unpaired) electrons. The molecular weight excluding hydrogens is 464 g/mol. The van der Waals surface area contributed by atoms with Crippen LogP contribution in [0.3, 0.4) is 0 Å². The van der Waals surface area contributed by atoms with Gasteiger partial charge in [0.05, 0.1) is 17.7 Å². The molecule has 0 fully saturated rings. The molecule has 5 heteroatoms. The first-order valence-corrected chi connectivity index (χ1v) is 13.4. The third-order valence-electron chi connectivity index (χ3n) is 6.11. The average molecular weight is 503 g/mol. The van der Waals surface area contributed by atoms with Crippen molar-refractivity contribution in [2.45, 2.75) is 71.6 Å². The fourth-order valence-corrected chi connectivity index (χ4v) is 3.86. The van der Waals surface area contributed by atoms with E-state index < -0.39 is 11.9 Å². The normalized spacial score (nSPS) is 10.6. The summed E-state index contributed by atoms with van der Waals surface area (Å²) in [5.74, 6) is 0.605. The first-order valence-electron chi connectivity index (χ1n) is 13.4. The van der Waals surface area contributed by atoms with Gasteiger partial charge >= 0.3 is 11.9 Å². The van der Waals surface area contributed by atoms with E-state index >= 15 is 0 Å². The highest BCUT2D eigenvalue weighted by Gasteiger charge is 2.11. The number of benzene rings is 3. The zero-order chi connectivity index (χ0) is 26.3. The van der Waals surface area contributed by atoms with E-state index in [0.29, 0.717) is 29.2 Å². The largest absolute Gasteiger partial charge is 0.494 e. The fourth-order valence-electron chi connectivity index (χ4n) is 3.86. The summed E-state index contributed by atoms with van der Waals surface area (Å²) in [6.07, 6.45) is 10.6. The van der Waals surface area contributed by atoms with E-state index in [1.165, 1.54) is 37.7 Å². The van der Waals surface area contributed by atoms with Crippen LogP contribution >= 0.6 is 0 Å². The standard InChI is InChI=1S/C32H38O5/c1-3-5-7-8-9-10-24-35-28-18-16-27(17-19-28)32(34)37-30-22-20-29(21-23-30)36-31(33)26-14-12-25(13-15-26)11-6-4-2/h12-23H,3-11,24H2,1-2H3. The average Bonchev–Trinajstić information content (AvgIpc) is 2.93. The fraction of sp³-hybridized carbons (Fsp3) is 0.375. The molecule has 3 rings (SSSR count). The molecular formula is C32H38O5. The van der Waals surface area contributed by atoms with Crippen molar-refractivity contribution in [2.75, 3.05) is 6.61 Å². The van der Waals surface area contributed by atoms with E-state index in [0.717, 1.165) is 31.4 Å². The zero-order valence-electron chi connectivity index (χ0n) is 22.0. The number of carbonyl (C=O) groups is 2. The van der Waals surface area contributed by atoms with E-state index in [1.54, 1.807) is 60.7 Å². The van der Waals surface area contributed by atoms with Crippen molar-refractivity contribution >= 4 is 11.9 Å². The summed E-state index contributed by atoms with van der Waals surface area (Å²) in [6.45, 7) is 5.05. The van der Waals surface area contributed by atoms with Gasteiger partial charge in [0, 0.05) is 0 Å². The Hall–Kier alpha value is -3.60. The van der Waals surface area contributed by atoms with Crippen LogP contribution < -0.4 is 14.2 Å². The highest BCUT2D eigenvalue weighted by molar-refractivity contribution is 5.92. The summed E-state index contributed by atoms with van der Waals surface area (Å²) in [4.78, 5) is 24.9. The Morgan fingerprint density at radius 2 is 1.00 bits per heavy atom. The Morgan fingerprint density at radius 3 is 1.54 bits per heavy atom. The molecule has 0 atom stereocenters. The number of ether oxygens (including phenoxy) is 3. The molecule has 0 aliphatic carbocycles. The third-order valence-corrected chi connectivity index (χ3v) is 6.11. The second kappa shape index (κ2) is 15.5. The smallest absolute Gasteiger partial charge is 0.343 e. The van der Waals surface area contributed by atoms with Crippen LogP contribution in [-0.2, 0) is 6.42 Å². The Balaban J connectivity index is 1.43. The first-order chi connectivity index (χ1) is 18.1. The van der Waals surface area contributed by atoms with Gasteiger partial charge < -0.3 is 14.2 Å². The lowest BCUT2D eigenvalue weighted by Gasteiger charge is -2.09. The molecule has 0 saturated heterocycles. The van der Waals surface area contributed by atoms with E-state index in [1.807, 2.05) is 12.1 Å². The topological polar surface area (TPSA) is 61.8 Å². The van der Waals surface area contributed by atoms with Gasteiger partial charge in [-0.2, -0.15) is 0 Å². The molecule has 0 saturated carbocycles. The molecule has 0 unspecified atom stereocenters. The summed E-state index contributed by atoms with van der Waals surface area (Å²) in [7, 11) is 0. The maximum Gasteiger partial charge on any atom is 0.343 e. The summed E-state index contributed by atoms with van der Waals surface area (Å²) in [6, 6.07) is 20.9. The van der Waals surface area contributed by atoms with Gasteiger partial charge in [-0.1, -0.05) is 64.5 Å². The molecule has 3 aromatic carbocycles. The maximum absolute atomic E-state index is 12.5. The van der Waals surface area contributed by atoms with Crippen molar-refractivity contribution in [2.24, 2.45) is 0 Å². The van der Waals surface area contributed by atoms with Crippen molar-refractivity contribution < 1.29 is 23.8 Å². The predicted octanol–water partition coefficient (Wildman–Crippen LogP) is 8.21. The third kappa shape index (κ3) is 9.76. The van der Waals surface area contributed by atoms with Crippen molar-refractivity contribution in [1.29, 1.82) is 0 Å². The second-order valence-electron chi connectivity index (χ2n) is 9.19.